The number of rotatable bonds is 8. The highest BCUT2D eigenvalue weighted by Gasteiger charge is 2.26. The summed E-state index contributed by atoms with van der Waals surface area (Å²) in [5.41, 5.74) is 0.458. The van der Waals surface area contributed by atoms with Gasteiger partial charge in [-0.3, -0.25) is 9.59 Å². The molecule has 7 heteroatoms. The normalized spacial score (nSPS) is 11.8. The molecule has 0 spiro atoms. The quantitative estimate of drug-likeness (QED) is 0.684. The highest BCUT2D eigenvalue weighted by molar-refractivity contribution is 5.94. The van der Waals surface area contributed by atoms with Crippen LogP contribution in [0.1, 0.15) is 60.6 Å². The van der Waals surface area contributed by atoms with Gasteiger partial charge in [0.25, 0.3) is 5.91 Å². The van der Waals surface area contributed by atoms with Gasteiger partial charge in [-0.15, -0.1) is 0 Å². The van der Waals surface area contributed by atoms with Crippen molar-refractivity contribution in [2.45, 2.75) is 65.8 Å². The first-order chi connectivity index (χ1) is 14.4. The van der Waals surface area contributed by atoms with Crippen LogP contribution in [0.4, 0.5) is 5.82 Å². The maximum atomic E-state index is 12.8. The fourth-order valence-electron chi connectivity index (χ4n) is 3.02. The Morgan fingerprint density at radius 3 is 2.29 bits per heavy atom. The van der Waals surface area contributed by atoms with E-state index in [4.69, 9.17) is 9.84 Å². The van der Waals surface area contributed by atoms with Crippen molar-refractivity contribution in [2.75, 3.05) is 25.0 Å². The van der Waals surface area contributed by atoms with E-state index < -0.39 is 0 Å². The summed E-state index contributed by atoms with van der Waals surface area (Å²) in [7, 11) is 0. The molecule has 0 atom stereocenters. The molecule has 0 bridgehead atoms. The number of amides is 2. The lowest BCUT2D eigenvalue weighted by atomic mass is 9.92. The van der Waals surface area contributed by atoms with E-state index in [0.29, 0.717) is 18.1 Å². The maximum Gasteiger partial charge on any atom is 0.260 e. The number of para-hydroxylation sites is 1. The molecule has 2 amide bonds. The zero-order valence-electron chi connectivity index (χ0n) is 19.9. The van der Waals surface area contributed by atoms with Gasteiger partial charge in [-0.2, -0.15) is 5.10 Å². The van der Waals surface area contributed by atoms with Crippen molar-refractivity contribution in [3.63, 3.8) is 0 Å². The van der Waals surface area contributed by atoms with E-state index in [1.54, 1.807) is 12.1 Å². The van der Waals surface area contributed by atoms with Crippen LogP contribution in [0.25, 0.3) is 0 Å². The number of carbonyl (C=O) groups excluding carboxylic acids is 2. The minimum absolute atomic E-state index is 0.0367. The van der Waals surface area contributed by atoms with Crippen molar-refractivity contribution in [1.82, 2.24) is 14.7 Å². The lowest BCUT2D eigenvalue weighted by Crippen LogP contribution is -2.41. The van der Waals surface area contributed by atoms with Gasteiger partial charge in [0.1, 0.15) is 18.1 Å². The van der Waals surface area contributed by atoms with E-state index in [0.717, 1.165) is 12.1 Å². The third-order valence-electron chi connectivity index (χ3n) is 4.67. The predicted octanol–water partition coefficient (Wildman–Crippen LogP) is 4.19. The molecule has 1 aromatic heterocycles. The lowest BCUT2D eigenvalue weighted by Gasteiger charge is -2.24. The summed E-state index contributed by atoms with van der Waals surface area (Å²) in [6, 6.07) is 11.1. The Kier molecular flexibility index (Phi) is 7.87. The summed E-state index contributed by atoms with van der Waals surface area (Å²) in [6.45, 7) is 14.7. The Balaban J connectivity index is 2.09. The molecule has 2 aromatic rings. The molecule has 2 rings (SSSR count). The van der Waals surface area contributed by atoms with Crippen molar-refractivity contribution in [1.29, 1.82) is 0 Å². The molecule has 0 aliphatic rings. The number of hydrogen-bond acceptors (Lipinski definition) is 4. The van der Waals surface area contributed by atoms with Crippen molar-refractivity contribution >= 4 is 17.6 Å². The lowest BCUT2D eigenvalue weighted by molar-refractivity contribution is -0.136. The number of benzene rings is 1. The van der Waals surface area contributed by atoms with Crippen LogP contribution in [0.15, 0.2) is 36.4 Å². The van der Waals surface area contributed by atoms with Gasteiger partial charge in [-0.1, -0.05) is 45.9 Å². The van der Waals surface area contributed by atoms with Crippen LogP contribution in [0.3, 0.4) is 0 Å². The standard InChI is InChI=1S/C24H36N4O3/c1-8-14-27(22(30)17-31-18-12-10-9-11-13-18)16-21(29)25-20-15-19(23(2,3)4)26-28(20)24(5,6)7/h9-13,15H,8,14,16-17H2,1-7H3,(H,25,29). The van der Waals surface area contributed by atoms with E-state index in [9.17, 15) is 9.59 Å². The molecule has 31 heavy (non-hydrogen) atoms. The molecule has 1 N–H and O–H groups in total. The van der Waals surface area contributed by atoms with Gasteiger partial charge in [0.15, 0.2) is 6.61 Å². The second-order valence-corrected chi connectivity index (χ2v) is 9.71. The molecule has 170 valence electrons. The monoisotopic (exact) mass is 428 g/mol. The highest BCUT2D eigenvalue weighted by atomic mass is 16.5. The molecule has 0 aliphatic carbocycles. The zero-order chi connectivity index (χ0) is 23.2. The topological polar surface area (TPSA) is 76.5 Å². The van der Waals surface area contributed by atoms with E-state index in [-0.39, 0.29) is 35.9 Å². The molecular weight excluding hydrogens is 392 g/mol. The van der Waals surface area contributed by atoms with Crippen LogP contribution in [0.2, 0.25) is 0 Å². The average molecular weight is 429 g/mol. The van der Waals surface area contributed by atoms with Gasteiger partial charge >= 0.3 is 0 Å². The minimum atomic E-state index is -0.297. The van der Waals surface area contributed by atoms with E-state index in [1.165, 1.54) is 4.90 Å². The smallest absolute Gasteiger partial charge is 0.260 e. The number of aromatic nitrogens is 2. The molecule has 0 aliphatic heterocycles. The van der Waals surface area contributed by atoms with Crippen LogP contribution in [0.5, 0.6) is 5.75 Å². The Labute approximate surface area is 185 Å². The van der Waals surface area contributed by atoms with E-state index >= 15 is 0 Å². The van der Waals surface area contributed by atoms with Crippen LogP contribution in [-0.2, 0) is 20.5 Å². The van der Waals surface area contributed by atoms with Crippen LogP contribution in [0, 0.1) is 0 Å². The van der Waals surface area contributed by atoms with E-state index in [2.05, 4.69) is 26.1 Å². The zero-order valence-corrected chi connectivity index (χ0v) is 19.9. The summed E-state index contributed by atoms with van der Waals surface area (Å²) in [6.07, 6.45) is 0.748. The van der Waals surface area contributed by atoms with Crippen LogP contribution < -0.4 is 10.1 Å². The van der Waals surface area contributed by atoms with Crippen LogP contribution in [-0.4, -0.2) is 46.2 Å². The fraction of sp³-hybridized carbons (Fsp3) is 0.542. The first-order valence-electron chi connectivity index (χ1n) is 10.8. The van der Waals surface area contributed by atoms with Gasteiger partial charge in [-0.25, -0.2) is 4.68 Å². The third-order valence-corrected chi connectivity index (χ3v) is 4.67. The summed E-state index contributed by atoms with van der Waals surface area (Å²) < 4.78 is 7.39. The second-order valence-electron chi connectivity index (χ2n) is 9.71. The molecule has 0 saturated heterocycles. The molecule has 0 saturated carbocycles. The Hall–Kier alpha value is -2.83. The van der Waals surface area contributed by atoms with Crippen molar-refractivity contribution in [3.05, 3.63) is 42.1 Å². The number of nitrogens with one attached hydrogen (secondary N) is 1. The molecule has 0 fully saturated rings. The van der Waals surface area contributed by atoms with Gasteiger partial charge < -0.3 is 15.0 Å². The Morgan fingerprint density at radius 2 is 1.74 bits per heavy atom. The summed E-state index contributed by atoms with van der Waals surface area (Å²) >= 11 is 0. The van der Waals surface area contributed by atoms with Gasteiger partial charge in [-0.05, 0) is 39.3 Å². The van der Waals surface area contributed by atoms with E-state index in [1.807, 2.05) is 56.6 Å². The fourth-order valence-corrected chi connectivity index (χ4v) is 3.02. The molecule has 1 aromatic carbocycles. The van der Waals surface area contributed by atoms with Crippen molar-refractivity contribution in [3.8, 4) is 5.75 Å². The highest BCUT2D eigenvalue weighted by Crippen LogP contribution is 2.28. The molecule has 0 unspecified atom stereocenters. The maximum absolute atomic E-state index is 12.8. The van der Waals surface area contributed by atoms with Crippen molar-refractivity contribution < 1.29 is 14.3 Å². The second kappa shape index (κ2) is 9.98. The summed E-state index contributed by atoms with van der Waals surface area (Å²) in [4.78, 5) is 27.0. The van der Waals surface area contributed by atoms with Gasteiger partial charge in [0, 0.05) is 18.0 Å². The summed E-state index contributed by atoms with van der Waals surface area (Å²) in [5.74, 6) is 0.778. The summed E-state index contributed by atoms with van der Waals surface area (Å²) in [5, 5.41) is 7.67. The average Bonchev–Trinajstić information content (AvgIpc) is 3.11. The minimum Gasteiger partial charge on any atom is -0.484 e. The number of carbonyl (C=O) groups is 2. The number of anilines is 1. The van der Waals surface area contributed by atoms with Crippen molar-refractivity contribution in [2.24, 2.45) is 0 Å². The molecular formula is C24H36N4O3. The first kappa shape index (κ1) is 24.4. The molecule has 7 nitrogen and oxygen atoms in total. The van der Waals surface area contributed by atoms with Gasteiger partial charge in [0.05, 0.1) is 11.2 Å². The number of nitrogens with zero attached hydrogens (tertiary/aromatic N) is 3. The van der Waals surface area contributed by atoms with Gasteiger partial charge in [0.2, 0.25) is 5.91 Å². The SMILES string of the molecule is CCCN(CC(=O)Nc1cc(C(C)(C)C)nn1C(C)(C)C)C(=O)COc1ccccc1. The Morgan fingerprint density at radius 1 is 1.10 bits per heavy atom. The third kappa shape index (κ3) is 7.12. The Bertz CT molecular complexity index is 876. The predicted molar refractivity (Wildman–Crippen MR) is 123 cm³/mol. The molecule has 1 heterocycles. The first-order valence-corrected chi connectivity index (χ1v) is 10.8. The number of ether oxygens (including phenoxy) is 1. The molecule has 0 radical (unpaired) electrons. The largest absolute Gasteiger partial charge is 0.484 e. The number of hydrogen-bond donors (Lipinski definition) is 1. The van der Waals surface area contributed by atoms with Crippen LogP contribution >= 0.6 is 0 Å².